The van der Waals surface area contributed by atoms with E-state index in [9.17, 15) is 0 Å². The minimum absolute atomic E-state index is 0.533. The van der Waals surface area contributed by atoms with Crippen LogP contribution in [0.3, 0.4) is 0 Å². The number of hydrazine groups is 1. The topological polar surface area (TPSA) is 151 Å². The van der Waals surface area contributed by atoms with E-state index < -0.39 is 0 Å². The summed E-state index contributed by atoms with van der Waals surface area (Å²) in [6.45, 7) is 13.5. The molecule has 0 spiro atoms. The van der Waals surface area contributed by atoms with Crippen LogP contribution in [-0.4, -0.2) is 68.5 Å². The lowest BCUT2D eigenvalue weighted by Crippen LogP contribution is -2.35. The lowest BCUT2D eigenvalue weighted by atomic mass is 10.3. The minimum atomic E-state index is 0.533. The van der Waals surface area contributed by atoms with E-state index in [1.54, 1.807) is 16.4 Å². The van der Waals surface area contributed by atoms with Crippen LogP contribution in [0.25, 0.3) is 0 Å². The summed E-state index contributed by atoms with van der Waals surface area (Å²) in [6, 6.07) is 0. The number of rotatable bonds is 13. The molecule has 37 heavy (non-hydrogen) atoms. The van der Waals surface area contributed by atoms with Gasteiger partial charge in [0.05, 0.1) is 35.9 Å². The predicted octanol–water partition coefficient (Wildman–Crippen LogP) is 2.09. The average Bonchev–Trinajstić information content (AvgIpc) is 3.64. The van der Waals surface area contributed by atoms with Crippen LogP contribution in [0.1, 0.15) is 71.0 Å². The molecule has 0 saturated heterocycles. The SMILES string of the molecule is CC.CCCCC.CCc1cn(CCn2cc(CN(C/C(=C/N)N(C)N)Cc3cn(C)nn3)nn2)nn1. The highest BCUT2D eigenvalue weighted by atomic mass is 15.5. The first-order valence-electron chi connectivity index (χ1n) is 13.1. The van der Waals surface area contributed by atoms with Gasteiger partial charge in [0.15, 0.2) is 0 Å². The van der Waals surface area contributed by atoms with Crippen molar-refractivity contribution in [1.29, 1.82) is 0 Å². The maximum atomic E-state index is 5.88. The second-order valence-electron chi connectivity index (χ2n) is 8.45. The van der Waals surface area contributed by atoms with Crippen molar-refractivity contribution in [2.45, 2.75) is 86.5 Å². The Balaban J connectivity index is 0.000000874. The number of aryl methyl sites for hydroxylation is 4. The molecule has 0 aliphatic heterocycles. The molecule has 3 rings (SSSR count). The van der Waals surface area contributed by atoms with Crippen LogP contribution in [-0.2, 0) is 39.6 Å². The highest BCUT2D eigenvalue weighted by molar-refractivity contribution is 5.03. The van der Waals surface area contributed by atoms with Gasteiger partial charge >= 0.3 is 0 Å². The summed E-state index contributed by atoms with van der Waals surface area (Å²) in [7, 11) is 3.59. The highest BCUT2D eigenvalue weighted by Gasteiger charge is 2.15. The Morgan fingerprint density at radius 1 is 0.865 bits per heavy atom. The van der Waals surface area contributed by atoms with Crippen LogP contribution in [0.4, 0.5) is 0 Å². The number of hydrogen-bond acceptors (Lipinski definition) is 10. The van der Waals surface area contributed by atoms with Crippen LogP contribution < -0.4 is 11.6 Å². The predicted molar refractivity (Wildman–Crippen MR) is 145 cm³/mol. The fraction of sp³-hybridized carbons (Fsp3) is 0.667. The molecule has 4 N–H and O–H groups in total. The molecule has 0 atom stereocenters. The van der Waals surface area contributed by atoms with E-state index in [-0.39, 0.29) is 0 Å². The van der Waals surface area contributed by atoms with E-state index in [0.29, 0.717) is 32.7 Å². The Morgan fingerprint density at radius 2 is 1.38 bits per heavy atom. The number of nitrogens with zero attached hydrogens (tertiary/aromatic N) is 11. The van der Waals surface area contributed by atoms with Gasteiger partial charge < -0.3 is 10.7 Å². The molecule has 0 aliphatic rings. The Hall–Kier alpha value is -3.32. The maximum Gasteiger partial charge on any atom is 0.0967 e. The molecule has 0 aliphatic carbocycles. The van der Waals surface area contributed by atoms with Crippen molar-refractivity contribution in [1.82, 2.24) is 54.9 Å². The number of nitrogens with two attached hydrogens (primary N) is 2. The van der Waals surface area contributed by atoms with Crippen LogP contribution >= 0.6 is 0 Å². The van der Waals surface area contributed by atoms with Crippen molar-refractivity contribution in [3.8, 4) is 0 Å². The lowest BCUT2D eigenvalue weighted by molar-refractivity contribution is 0.244. The standard InChI is InChI=1S/C17H29N13.C5H12.C2H6/c1-4-14-11-29(24-20-14)5-6-30-12-16(22-25-30)10-28(13-17(7-18)27(3)19)9-15-8-26(2)23-21-15;1-3-5-4-2;1-2/h7-8,11-12H,4-6,9-10,13,18-19H2,1-3H3;3-5H2,1-2H3;1-2H3/b17-7-;;. The Kier molecular flexibility index (Phi) is 15.4. The third-order valence-electron chi connectivity index (χ3n) is 5.25. The second-order valence-corrected chi connectivity index (χ2v) is 8.45. The summed E-state index contributed by atoms with van der Waals surface area (Å²) in [5.74, 6) is 5.88. The fourth-order valence-corrected chi connectivity index (χ4v) is 3.29. The van der Waals surface area contributed by atoms with Crippen molar-refractivity contribution in [3.05, 3.63) is 47.6 Å². The summed E-state index contributed by atoms with van der Waals surface area (Å²) in [4.78, 5) is 2.13. The van der Waals surface area contributed by atoms with Crippen LogP contribution in [0, 0.1) is 0 Å². The van der Waals surface area contributed by atoms with Gasteiger partial charge in [-0.1, -0.05) is 69.5 Å². The van der Waals surface area contributed by atoms with Gasteiger partial charge in [0, 0.05) is 58.5 Å². The molecule has 208 valence electrons. The van der Waals surface area contributed by atoms with Gasteiger partial charge in [0.1, 0.15) is 0 Å². The summed E-state index contributed by atoms with van der Waals surface area (Å²) in [6.07, 6.45) is 12.2. The molecule has 0 radical (unpaired) electrons. The maximum absolute atomic E-state index is 5.88. The van der Waals surface area contributed by atoms with Gasteiger partial charge in [-0.3, -0.25) is 18.9 Å². The van der Waals surface area contributed by atoms with Crippen molar-refractivity contribution in [2.75, 3.05) is 13.6 Å². The van der Waals surface area contributed by atoms with Crippen LogP contribution in [0.5, 0.6) is 0 Å². The van der Waals surface area contributed by atoms with Crippen molar-refractivity contribution >= 4 is 0 Å². The van der Waals surface area contributed by atoms with Gasteiger partial charge in [0.2, 0.25) is 0 Å². The third-order valence-corrected chi connectivity index (χ3v) is 5.25. The molecule has 0 amide bonds. The van der Waals surface area contributed by atoms with Crippen molar-refractivity contribution < 1.29 is 0 Å². The summed E-state index contributed by atoms with van der Waals surface area (Å²) >= 11 is 0. The molecule has 3 heterocycles. The largest absolute Gasteiger partial charge is 0.403 e. The zero-order valence-electron chi connectivity index (χ0n) is 23.7. The average molecular weight is 518 g/mol. The zero-order valence-corrected chi connectivity index (χ0v) is 23.7. The first kappa shape index (κ1) is 31.7. The number of likely N-dealkylation sites (N-methyl/N-ethyl adjacent to an activating group) is 1. The molecule has 0 bridgehead atoms. The molecular weight excluding hydrogens is 470 g/mol. The quantitative estimate of drug-likeness (QED) is 0.255. The van der Waals surface area contributed by atoms with Gasteiger partial charge in [-0.15, -0.1) is 15.3 Å². The third kappa shape index (κ3) is 12.0. The van der Waals surface area contributed by atoms with E-state index >= 15 is 0 Å². The summed E-state index contributed by atoms with van der Waals surface area (Å²) in [5, 5.41) is 26.4. The Bertz CT molecular complexity index is 1000. The monoisotopic (exact) mass is 517 g/mol. The first-order chi connectivity index (χ1) is 17.9. The molecule has 3 aromatic heterocycles. The molecule has 13 heteroatoms. The van der Waals surface area contributed by atoms with E-state index in [4.69, 9.17) is 11.6 Å². The number of unbranched alkanes of at least 4 members (excludes halogenated alkanes) is 2. The van der Waals surface area contributed by atoms with E-state index in [2.05, 4.69) is 56.6 Å². The Labute approximate surface area is 221 Å². The normalized spacial score (nSPS) is 11.1. The number of hydrogen-bond donors (Lipinski definition) is 2. The summed E-state index contributed by atoms with van der Waals surface area (Å²) < 4.78 is 5.29. The van der Waals surface area contributed by atoms with Gasteiger partial charge in [0.25, 0.3) is 0 Å². The number of aromatic nitrogens is 9. The smallest absolute Gasteiger partial charge is 0.0967 e. The highest BCUT2D eigenvalue weighted by Crippen LogP contribution is 2.10. The lowest BCUT2D eigenvalue weighted by Gasteiger charge is -2.24. The second kappa shape index (κ2) is 18.0. The van der Waals surface area contributed by atoms with Crippen LogP contribution in [0.15, 0.2) is 30.5 Å². The Morgan fingerprint density at radius 3 is 1.78 bits per heavy atom. The van der Waals surface area contributed by atoms with E-state index in [1.165, 1.54) is 30.5 Å². The van der Waals surface area contributed by atoms with Crippen LogP contribution in [0.2, 0.25) is 0 Å². The van der Waals surface area contributed by atoms with Gasteiger partial charge in [-0.05, 0) is 6.42 Å². The molecule has 0 saturated carbocycles. The molecular formula is C24H47N13. The fourth-order valence-electron chi connectivity index (χ4n) is 3.29. The molecule has 0 fully saturated rings. The van der Waals surface area contributed by atoms with Crippen molar-refractivity contribution in [3.63, 3.8) is 0 Å². The summed E-state index contributed by atoms with van der Waals surface area (Å²) in [5.41, 5.74) is 9.17. The van der Waals surface area contributed by atoms with E-state index in [0.717, 1.165) is 29.2 Å². The minimum Gasteiger partial charge on any atom is -0.403 e. The molecule has 0 unspecified atom stereocenters. The van der Waals surface area contributed by atoms with Gasteiger partial charge in [-0.2, -0.15) is 0 Å². The van der Waals surface area contributed by atoms with Crippen molar-refractivity contribution in [2.24, 2.45) is 18.6 Å². The van der Waals surface area contributed by atoms with Gasteiger partial charge in [-0.25, -0.2) is 5.84 Å². The molecule has 13 nitrogen and oxygen atoms in total. The zero-order chi connectivity index (χ0) is 27.6. The molecule has 0 aromatic carbocycles. The molecule has 3 aromatic rings. The first-order valence-corrected chi connectivity index (χ1v) is 13.1. The van der Waals surface area contributed by atoms with E-state index in [1.807, 2.05) is 44.2 Å².